The molecule has 0 bridgehead atoms. The number of para-hydroxylation sites is 3. The largest absolute Gasteiger partial charge is 0.456 e. The van der Waals surface area contributed by atoms with Crippen LogP contribution < -0.4 is 0 Å². The molecular weight excluding hydrogens is 821 g/mol. The molecule has 6 heteroatoms. The molecule has 15 rings (SSSR count). The third-order valence-corrected chi connectivity index (χ3v) is 13.8. The lowest BCUT2D eigenvalue weighted by molar-refractivity contribution is 0.669. The predicted octanol–water partition coefficient (Wildman–Crippen LogP) is 16.4. The van der Waals surface area contributed by atoms with Gasteiger partial charge in [0.2, 0.25) is 5.95 Å². The first-order valence-corrected chi connectivity index (χ1v) is 22.6. The lowest BCUT2D eigenvalue weighted by atomic mass is 9.93. The summed E-state index contributed by atoms with van der Waals surface area (Å²) in [7, 11) is 0. The number of nitrogens with zero attached hydrogens (tertiary/aromatic N) is 4. The van der Waals surface area contributed by atoms with Crippen molar-refractivity contribution in [1.29, 1.82) is 0 Å². The molecule has 0 radical (unpaired) electrons. The van der Waals surface area contributed by atoms with Crippen molar-refractivity contribution in [3.05, 3.63) is 206 Å². The maximum Gasteiger partial charge on any atom is 0.238 e. The average molecular weight is 855 g/mol. The maximum absolute atomic E-state index is 6.94. The summed E-state index contributed by atoms with van der Waals surface area (Å²) in [5.74, 6) is 1.61. The van der Waals surface area contributed by atoms with Gasteiger partial charge >= 0.3 is 0 Å². The minimum atomic E-state index is 0.506. The van der Waals surface area contributed by atoms with Crippen molar-refractivity contribution >= 4 is 109 Å². The van der Waals surface area contributed by atoms with Crippen LogP contribution in [0.15, 0.2) is 215 Å². The highest BCUT2D eigenvalue weighted by Gasteiger charge is 2.27. The molecule has 0 aliphatic carbocycles. The van der Waals surface area contributed by atoms with E-state index in [1.165, 1.54) is 5.39 Å². The smallest absolute Gasteiger partial charge is 0.238 e. The predicted molar refractivity (Wildman–Crippen MR) is 275 cm³/mol. The highest BCUT2D eigenvalue weighted by molar-refractivity contribution is 6.34. The summed E-state index contributed by atoms with van der Waals surface area (Å²) in [5, 5.41) is 15.6. The van der Waals surface area contributed by atoms with E-state index in [1.54, 1.807) is 0 Å². The van der Waals surface area contributed by atoms with E-state index in [9.17, 15) is 0 Å². The highest BCUT2D eigenvalue weighted by atomic mass is 16.3. The average Bonchev–Trinajstić information content (AvgIpc) is 4.07. The van der Waals surface area contributed by atoms with E-state index in [0.717, 1.165) is 126 Å². The van der Waals surface area contributed by atoms with Crippen LogP contribution in [0.3, 0.4) is 0 Å². The van der Waals surface area contributed by atoms with E-state index in [-0.39, 0.29) is 0 Å². The van der Waals surface area contributed by atoms with E-state index in [4.69, 9.17) is 23.8 Å². The monoisotopic (exact) mass is 854 g/mol. The topological polar surface area (TPSA) is 69.9 Å². The van der Waals surface area contributed by atoms with Gasteiger partial charge in [-0.3, -0.25) is 4.57 Å². The number of rotatable bonds is 4. The van der Waals surface area contributed by atoms with Crippen LogP contribution in [0.5, 0.6) is 0 Å². The molecular formula is C61H34N4O2. The minimum absolute atomic E-state index is 0.506. The highest BCUT2D eigenvalue weighted by Crippen LogP contribution is 2.48. The third kappa shape index (κ3) is 5.23. The second-order valence-electron chi connectivity index (χ2n) is 17.5. The number of hydrogen-bond acceptors (Lipinski definition) is 5. The van der Waals surface area contributed by atoms with E-state index in [2.05, 4.69) is 187 Å². The Bertz CT molecular complexity index is 4590. The standard InChI is InChI=1S/C61H34N4O2/c1-2-15-36-32-38(29-28-35(36)14-1)59-62-60(39-30-31-45-43-20-9-11-26-51(43)66-53(45)34-39)64-61(63-59)65-56-48(54-46-22-7-5-18-41(46)42-19-6-8-23-47(42)57(54)65)24-13-25-49(56)55-40-17-4-3-16-37(40)33-50-44-21-10-12-27-52(44)67-58(50)55/h1-34H. The van der Waals surface area contributed by atoms with E-state index < -0.39 is 0 Å². The Morgan fingerprint density at radius 3 is 1.69 bits per heavy atom. The molecule has 67 heavy (non-hydrogen) atoms. The number of benzene rings is 11. The zero-order valence-electron chi connectivity index (χ0n) is 35.7. The Morgan fingerprint density at radius 2 is 0.896 bits per heavy atom. The van der Waals surface area contributed by atoms with Gasteiger partial charge in [0.05, 0.1) is 11.0 Å². The van der Waals surface area contributed by atoms with Crippen molar-refractivity contribution < 1.29 is 8.83 Å². The van der Waals surface area contributed by atoms with Crippen LogP contribution in [-0.2, 0) is 0 Å². The number of hydrogen-bond donors (Lipinski definition) is 0. The van der Waals surface area contributed by atoms with Crippen LogP contribution in [0, 0.1) is 0 Å². The summed E-state index contributed by atoms with van der Waals surface area (Å²) in [6.45, 7) is 0. The molecule has 6 nitrogen and oxygen atoms in total. The summed E-state index contributed by atoms with van der Waals surface area (Å²) in [6.07, 6.45) is 0. The third-order valence-electron chi connectivity index (χ3n) is 13.8. The molecule has 0 spiro atoms. The van der Waals surface area contributed by atoms with Gasteiger partial charge in [-0.05, 0) is 74.1 Å². The lowest BCUT2D eigenvalue weighted by Crippen LogP contribution is -2.07. The number of fused-ring (bicyclic) bond motifs is 16. The molecule has 11 aromatic carbocycles. The summed E-state index contributed by atoms with van der Waals surface area (Å²) in [4.78, 5) is 16.4. The van der Waals surface area contributed by atoms with Crippen LogP contribution >= 0.6 is 0 Å². The molecule has 4 aromatic heterocycles. The van der Waals surface area contributed by atoms with E-state index in [1.807, 2.05) is 24.3 Å². The minimum Gasteiger partial charge on any atom is -0.456 e. The SMILES string of the molecule is c1ccc2cc(-c3nc(-c4ccc5c(c4)oc4ccccc45)nc(-n4c5c(-c6c7ccccc7cc7c6oc6ccccc67)cccc5c5c6ccccc6c6ccccc6c54)n3)ccc2c1. The summed E-state index contributed by atoms with van der Waals surface area (Å²) < 4.78 is 15.7. The van der Waals surface area contributed by atoms with Crippen molar-refractivity contribution in [3.8, 4) is 39.9 Å². The molecule has 0 aliphatic heterocycles. The Kier molecular flexibility index (Phi) is 7.40. The van der Waals surface area contributed by atoms with Gasteiger partial charge in [-0.25, -0.2) is 4.98 Å². The first-order valence-electron chi connectivity index (χ1n) is 22.6. The van der Waals surface area contributed by atoms with Crippen LogP contribution in [0.1, 0.15) is 0 Å². The molecule has 0 amide bonds. The Labute approximate surface area is 381 Å². The fourth-order valence-corrected chi connectivity index (χ4v) is 10.8. The van der Waals surface area contributed by atoms with Crippen molar-refractivity contribution in [3.63, 3.8) is 0 Å². The van der Waals surface area contributed by atoms with Gasteiger partial charge in [0.25, 0.3) is 0 Å². The molecule has 0 aliphatic rings. The molecule has 15 aromatic rings. The zero-order valence-corrected chi connectivity index (χ0v) is 35.7. The van der Waals surface area contributed by atoms with Gasteiger partial charge in [-0.2, -0.15) is 9.97 Å². The van der Waals surface area contributed by atoms with Crippen LogP contribution in [0.2, 0.25) is 0 Å². The van der Waals surface area contributed by atoms with Gasteiger partial charge in [-0.1, -0.05) is 170 Å². The summed E-state index contributed by atoms with van der Waals surface area (Å²) in [5.41, 5.74) is 9.05. The normalized spacial score (nSPS) is 12.2. The van der Waals surface area contributed by atoms with Crippen LogP contribution in [-0.4, -0.2) is 19.5 Å². The van der Waals surface area contributed by atoms with Gasteiger partial charge < -0.3 is 8.83 Å². The molecule has 310 valence electrons. The van der Waals surface area contributed by atoms with Gasteiger partial charge in [-0.15, -0.1) is 0 Å². The van der Waals surface area contributed by atoms with Gasteiger partial charge in [0.15, 0.2) is 11.6 Å². The fourth-order valence-electron chi connectivity index (χ4n) is 10.8. The summed E-state index contributed by atoms with van der Waals surface area (Å²) >= 11 is 0. The lowest BCUT2D eigenvalue weighted by Gasteiger charge is -2.15. The summed E-state index contributed by atoms with van der Waals surface area (Å²) in [6, 6.07) is 72.6. The first-order chi connectivity index (χ1) is 33.2. The van der Waals surface area contributed by atoms with Crippen LogP contribution in [0.25, 0.3) is 149 Å². The van der Waals surface area contributed by atoms with Crippen molar-refractivity contribution in [2.75, 3.05) is 0 Å². The Balaban J connectivity index is 1.13. The van der Waals surface area contributed by atoms with Crippen molar-refractivity contribution in [1.82, 2.24) is 19.5 Å². The van der Waals surface area contributed by atoms with Gasteiger partial charge in [0, 0.05) is 60.0 Å². The number of aromatic nitrogens is 4. The first kappa shape index (κ1) is 36.2. The zero-order chi connectivity index (χ0) is 43.7. The molecule has 4 heterocycles. The molecule has 0 fully saturated rings. The van der Waals surface area contributed by atoms with E-state index >= 15 is 0 Å². The maximum atomic E-state index is 6.94. The molecule has 0 saturated heterocycles. The fraction of sp³-hybridized carbons (Fsp3) is 0. The second kappa shape index (κ2) is 13.7. The number of furan rings is 2. The quantitative estimate of drug-likeness (QED) is 0.165. The van der Waals surface area contributed by atoms with E-state index in [0.29, 0.717) is 17.6 Å². The van der Waals surface area contributed by atoms with Crippen LogP contribution in [0.4, 0.5) is 0 Å². The second-order valence-corrected chi connectivity index (χ2v) is 17.5. The molecule has 0 N–H and O–H groups in total. The molecule has 0 saturated carbocycles. The van der Waals surface area contributed by atoms with Gasteiger partial charge in [0.1, 0.15) is 22.3 Å². The Morgan fingerprint density at radius 1 is 0.328 bits per heavy atom. The van der Waals surface area contributed by atoms with Crippen molar-refractivity contribution in [2.24, 2.45) is 0 Å². The van der Waals surface area contributed by atoms with Crippen molar-refractivity contribution in [2.45, 2.75) is 0 Å². The molecule has 0 unspecified atom stereocenters. The Hall–Kier alpha value is -9.13. The molecule has 0 atom stereocenters.